The third-order valence-corrected chi connectivity index (χ3v) is 6.49. The highest BCUT2D eigenvalue weighted by atomic mass is 19.4. The predicted molar refractivity (Wildman–Crippen MR) is 98.1 cm³/mol. The van der Waals surface area contributed by atoms with Crippen LogP contribution in [0.3, 0.4) is 0 Å². The molecule has 1 aromatic rings. The van der Waals surface area contributed by atoms with E-state index in [9.17, 15) is 138 Å². The Morgan fingerprint density at radius 1 is 0.255 bits per heavy atom. The monoisotopic (exact) mass is 828 g/mol. The normalized spacial score (nSPS) is 16.5. The standard InChI is InChI=1S/C20H5F29O2/c21-9(22,10(23,24)11(25,26)12(27,28)13(29,30)14(31,32)15(33,34)20(47,48)49)6-2-4(7(50,16(35,36)37)17(38,39)40)1-5(3-6)8(51,18(41,42)43)19(44,45)46/h1-3,50-51H. The van der Waals surface area contributed by atoms with E-state index in [2.05, 4.69) is 0 Å². The van der Waals surface area contributed by atoms with Crippen molar-refractivity contribution in [3.63, 3.8) is 0 Å². The Bertz CT molecular complexity index is 1350. The molecule has 1 aromatic carbocycles. The average Bonchev–Trinajstić information content (AvgIpc) is 2.87. The Morgan fingerprint density at radius 2 is 0.451 bits per heavy atom. The largest absolute Gasteiger partial charge is 0.460 e. The minimum atomic E-state index is -9.47. The molecule has 0 amide bonds. The molecule has 0 saturated carbocycles. The lowest BCUT2D eigenvalue weighted by Gasteiger charge is -2.43. The molecule has 0 saturated heterocycles. The molecule has 0 aliphatic heterocycles. The first-order valence-electron chi connectivity index (χ1n) is 11.2. The molecular formula is C20H5F29O2. The van der Waals surface area contributed by atoms with Gasteiger partial charge in [0.25, 0.3) is 11.2 Å². The van der Waals surface area contributed by atoms with Crippen LogP contribution in [0.25, 0.3) is 0 Å². The van der Waals surface area contributed by atoms with Crippen LogP contribution in [0.5, 0.6) is 0 Å². The Balaban J connectivity index is 4.52. The van der Waals surface area contributed by atoms with Crippen LogP contribution in [-0.4, -0.2) is 76.6 Å². The molecule has 0 aliphatic rings. The van der Waals surface area contributed by atoms with Gasteiger partial charge in [0.15, 0.2) is 0 Å². The van der Waals surface area contributed by atoms with Gasteiger partial charge in [0.1, 0.15) is 0 Å². The van der Waals surface area contributed by atoms with Crippen LogP contribution in [-0.2, 0) is 17.1 Å². The van der Waals surface area contributed by atoms with Crippen molar-refractivity contribution in [2.45, 2.75) is 83.5 Å². The molecule has 0 spiro atoms. The summed E-state index contributed by atoms with van der Waals surface area (Å²) < 4.78 is 390. The first-order valence-corrected chi connectivity index (χ1v) is 11.2. The lowest BCUT2D eigenvalue weighted by atomic mass is 9.81. The number of hydrogen-bond acceptors (Lipinski definition) is 2. The fraction of sp³-hybridized carbons (Fsp3) is 0.700. The van der Waals surface area contributed by atoms with Crippen molar-refractivity contribution in [1.82, 2.24) is 0 Å². The van der Waals surface area contributed by atoms with Gasteiger partial charge in [-0.3, -0.25) is 0 Å². The van der Waals surface area contributed by atoms with Crippen molar-refractivity contribution in [3.05, 3.63) is 34.9 Å². The van der Waals surface area contributed by atoms with E-state index in [1.165, 1.54) is 0 Å². The lowest BCUT2D eigenvalue weighted by Crippen LogP contribution is -2.74. The van der Waals surface area contributed by atoms with E-state index >= 15 is 0 Å². The van der Waals surface area contributed by atoms with Gasteiger partial charge in [-0.25, -0.2) is 0 Å². The summed E-state index contributed by atoms with van der Waals surface area (Å²) in [6.07, 6.45) is -39.1. The molecule has 0 aromatic heterocycles. The summed E-state index contributed by atoms with van der Waals surface area (Å²) in [6.45, 7) is 0. The molecule has 1 rings (SSSR count). The van der Waals surface area contributed by atoms with Gasteiger partial charge < -0.3 is 10.2 Å². The summed E-state index contributed by atoms with van der Waals surface area (Å²) in [5.74, 6) is -63.6. The first-order chi connectivity index (χ1) is 21.6. The van der Waals surface area contributed by atoms with Gasteiger partial charge in [-0.1, -0.05) is 0 Å². The van der Waals surface area contributed by atoms with Crippen LogP contribution < -0.4 is 0 Å². The number of aliphatic hydroxyl groups is 2. The van der Waals surface area contributed by atoms with Crippen LogP contribution in [0.15, 0.2) is 18.2 Å². The van der Waals surface area contributed by atoms with Crippen molar-refractivity contribution >= 4 is 0 Å². The summed E-state index contributed by atoms with van der Waals surface area (Å²) in [6, 6.07) is -6.63. The maximum Gasteiger partial charge on any atom is 0.460 e. The second-order valence-corrected chi connectivity index (χ2v) is 9.73. The van der Waals surface area contributed by atoms with Gasteiger partial charge >= 0.3 is 72.3 Å². The number of alkyl halides is 29. The molecule has 31 heteroatoms. The minimum Gasteiger partial charge on any atom is -0.369 e. The van der Waals surface area contributed by atoms with Crippen LogP contribution in [0.2, 0.25) is 0 Å². The molecule has 0 unspecified atom stereocenters. The second-order valence-electron chi connectivity index (χ2n) is 9.73. The fourth-order valence-corrected chi connectivity index (χ4v) is 3.55. The number of hydrogen-bond donors (Lipinski definition) is 2. The molecule has 0 bridgehead atoms. The molecule has 2 nitrogen and oxygen atoms in total. The average molecular weight is 828 g/mol. The smallest absolute Gasteiger partial charge is 0.369 e. The van der Waals surface area contributed by atoms with Crippen molar-refractivity contribution in [3.8, 4) is 0 Å². The highest BCUT2D eigenvalue weighted by Crippen LogP contribution is 2.66. The number of rotatable bonds is 9. The molecule has 0 aliphatic carbocycles. The molecule has 2 N–H and O–H groups in total. The van der Waals surface area contributed by atoms with Crippen LogP contribution in [0.1, 0.15) is 16.7 Å². The van der Waals surface area contributed by atoms with Crippen LogP contribution >= 0.6 is 0 Å². The third kappa shape index (κ3) is 6.03. The molecule has 0 fully saturated rings. The first kappa shape index (κ1) is 46.1. The quantitative estimate of drug-likeness (QED) is 0.244. The van der Waals surface area contributed by atoms with Gasteiger partial charge in [0, 0.05) is 16.7 Å². The molecular weight excluding hydrogens is 823 g/mol. The van der Waals surface area contributed by atoms with E-state index in [4.69, 9.17) is 0 Å². The van der Waals surface area contributed by atoms with E-state index < -0.39 is 118 Å². The van der Waals surface area contributed by atoms with E-state index in [0.29, 0.717) is 0 Å². The topological polar surface area (TPSA) is 40.5 Å². The van der Waals surface area contributed by atoms with E-state index in [0.717, 1.165) is 0 Å². The molecule has 51 heavy (non-hydrogen) atoms. The Morgan fingerprint density at radius 3 is 0.667 bits per heavy atom. The molecule has 300 valence electrons. The highest BCUT2D eigenvalue weighted by Gasteiger charge is 2.95. The minimum absolute atomic E-state index is 2.06. The zero-order valence-electron chi connectivity index (χ0n) is 22.1. The Hall–Kier alpha value is -2.89. The highest BCUT2D eigenvalue weighted by molar-refractivity contribution is 5.43. The van der Waals surface area contributed by atoms with Crippen molar-refractivity contribution in [1.29, 1.82) is 0 Å². The molecule has 0 atom stereocenters. The zero-order chi connectivity index (χ0) is 41.9. The van der Waals surface area contributed by atoms with Crippen molar-refractivity contribution < 1.29 is 138 Å². The van der Waals surface area contributed by atoms with Gasteiger partial charge in [-0.15, -0.1) is 0 Å². The van der Waals surface area contributed by atoms with Gasteiger partial charge in [-0.2, -0.15) is 127 Å². The summed E-state index contributed by atoms with van der Waals surface area (Å²) in [7, 11) is 0. The Kier molecular flexibility index (Phi) is 10.5. The summed E-state index contributed by atoms with van der Waals surface area (Å²) in [5.41, 5.74) is -27.2. The van der Waals surface area contributed by atoms with Gasteiger partial charge in [0.05, 0.1) is 0 Å². The Labute approximate surface area is 257 Å². The summed E-state index contributed by atoms with van der Waals surface area (Å²) in [4.78, 5) is 0. The maximum absolute atomic E-state index is 14.8. The maximum atomic E-state index is 14.8. The van der Waals surface area contributed by atoms with Crippen molar-refractivity contribution in [2.24, 2.45) is 0 Å². The van der Waals surface area contributed by atoms with Crippen molar-refractivity contribution in [2.75, 3.05) is 0 Å². The summed E-state index contributed by atoms with van der Waals surface area (Å²) in [5, 5.41) is 18.5. The van der Waals surface area contributed by atoms with Crippen LogP contribution in [0.4, 0.5) is 127 Å². The van der Waals surface area contributed by atoms with E-state index in [1.54, 1.807) is 0 Å². The predicted octanol–water partition coefficient (Wildman–Crippen LogP) is 9.78. The fourth-order valence-electron chi connectivity index (χ4n) is 3.55. The second kappa shape index (κ2) is 11.6. The number of halogens is 29. The van der Waals surface area contributed by atoms with Gasteiger partial charge in [0.2, 0.25) is 0 Å². The SMILES string of the molecule is OC(c1cc(C(F)(F)C(F)(F)C(F)(F)C(F)(F)C(F)(F)C(F)(F)C(F)(F)C(F)(F)F)cc(C(O)(C(F)(F)F)C(F)(F)F)c1)(C(F)(F)F)C(F)(F)F. The van der Waals surface area contributed by atoms with E-state index in [1.807, 2.05) is 0 Å². The van der Waals surface area contributed by atoms with Crippen LogP contribution in [0, 0.1) is 0 Å². The zero-order valence-corrected chi connectivity index (χ0v) is 22.1. The van der Waals surface area contributed by atoms with E-state index in [-0.39, 0.29) is 0 Å². The summed E-state index contributed by atoms with van der Waals surface area (Å²) >= 11 is 0. The molecule has 0 radical (unpaired) electrons. The molecule has 0 heterocycles. The lowest BCUT2D eigenvalue weighted by molar-refractivity contribution is -0.462. The third-order valence-electron chi connectivity index (χ3n) is 6.49. The van der Waals surface area contributed by atoms with Gasteiger partial charge in [-0.05, 0) is 18.2 Å². The number of benzene rings is 1.